The molecule has 0 unspecified atom stereocenters. The molecule has 0 aromatic heterocycles. The molecule has 0 bridgehead atoms. The third-order valence-electron chi connectivity index (χ3n) is 3.94. The summed E-state index contributed by atoms with van der Waals surface area (Å²) < 4.78 is 2.30. The fraction of sp³-hybridized carbons (Fsp3) is 0.222. The van der Waals surface area contributed by atoms with Gasteiger partial charge in [-0.05, 0) is 70.3 Å². The molecule has 0 nitrogen and oxygen atoms in total. The molecular formula is C18H16Br2. The van der Waals surface area contributed by atoms with Crippen molar-refractivity contribution in [2.24, 2.45) is 0 Å². The minimum atomic E-state index is 1.13. The molecule has 0 spiro atoms. The molecule has 0 saturated carbocycles. The predicted octanol–water partition coefficient (Wildman–Crippen LogP) is 6.78. The Bertz CT molecular complexity index is 803. The Morgan fingerprint density at radius 1 is 0.800 bits per heavy atom. The van der Waals surface area contributed by atoms with Gasteiger partial charge in [-0.25, -0.2) is 0 Å². The summed E-state index contributed by atoms with van der Waals surface area (Å²) in [6.45, 7) is 4.49. The SMILES string of the molecule is CCCc1c(C)c2cc(Br)ccc2c2ccc(Br)cc12. The van der Waals surface area contributed by atoms with E-state index < -0.39 is 0 Å². The normalized spacial score (nSPS) is 11.4. The second kappa shape index (κ2) is 5.50. The van der Waals surface area contributed by atoms with Gasteiger partial charge in [-0.15, -0.1) is 0 Å². The highest BCUT2D eigenvalue weighted by Gasteiger charge is 2.11. The van der Waals surface area contributed by atoms with Crippen LogP contribution in [0.15, 0.2) is 45.3 Å². The molecule has 0 heterocycles. The van der Waals surface area contributed by atoms with Crippen molar-refractivity contribution in [3.05, 3.63) is 56.5 Å². The van der Waals surface area contributed by atoms with Gasteiger partial charge in [0, 0.05) is 8.95 Å². The zero-order valence-electron chi connectivity index (χ0n) is 11.6. The van der Waals surface area contributed by atoms with Crippen molar-refractivity contribution in [1.29, 1.82) is 0 Å². The molecule has 0 saturated heterocycles. The molecule has 0 radical (unpaired) electrons. The molecule has 0 atom stereocenters. The van der Waals surface area contributed by atoms with Gasteiger partial charge < -0.3 is 0 Å². The van der Waals surface area contributed by atoms with Crippen LogP contribution in [0.1, 0.15) is 24.5 Å². The molecule has 0 aliphatic heterocycles. The second-order valence-corrected chi connectivity index (χ2v) is 7.06. The fourth-order valence-electron chi connectivity index (χ4n) is 3.00. The Balaban J connectivity index is 2.53. The summed E-state index contributed by atoms with van der Waals surface area (Å²) in [5, 5.41) is 5.43. The second-order valence-electron chi connectivity index (χ2n) is 5.23. The lowest BCUT2D eigenvalue weighted by Gasteiger charge is -2.15. The number of hydrogen-bond donors (Lipinski definition) is 0. The number of hydrogen-bond acceptors (Lipinski definition) is 0. The van der Waals surface area contributed by atoms with Crippen LogP contribution in [0.25, 0.3) is 21.5 Å². The van der Waals surface area contributed by atoms with Gasteiger partial charge in [-0.1, -0.05) is 57.3 Å². The third kappa shape index (κ3) is 2.29. The zero-order valence-corrected chi connectivity index (χ0v) is 14.8. The van der Waals surface area contributed by atoms with E-state index in [-0.39, 0.29) is 0 Å². The lowest BCUT2D eigenvalue weighted by Crippen LogP contribution is -1.94. The average molecular weight is 392 g/mol. The van der Waals surface area contributed by atoms with Crippen molar-refractivity contribution in [1.82, 2.24) is 0 Å². The molecule has 0 aliphatic carbocycles. The van der Waals surface area contributed by atoms with Crippen LogP contribution in [0.2, 0.25) is 0 Å². The molecule has 3 aromatic carbocycles. The quantitative estimate of drug-likeness (QED) is 0.422. The summed E-state index contributed by atoms with van der Waals surface area (Å²) >= 11 is 7.21. The van der Waals surface area contributed by atoms with Crippen molar-refractivity contribution >= 4 is 53.4 Å². The first-order valence-corrected chi connectivity index (χ1v) is 8.50. The van der Waals surface area contributed by atoms with Gasteiger partial charge in [-0.2, -0.15) is 0 Å². The fourth-order valence-corrected chi connectivity index (χ4v) is 3.72. The maximum atomic E-state index is 3.61. The summed E-state index contributed by atoms with van der Waals surface area (Å²) in [4.78, 5) is 0. The van der Waals surface area contributed by atoms with Crippen LogP contribution in [-0.2, 0) is 6.42 Å². The highest BCUT2D eigenvalue weighted by molar-refractivity contribution is 9.10. The van der Waals surface area contributed by atoms with Crippen molar-refractivity contribution in [3.63, 3.8) is 0 Å². The number of benzene rings is 3. The van der Waals surface area contributed by atoms with E-state index in [4.69, 9.17) is 0 Å². The van der Waals surface area contributed by atoms with Crippen molar-refractivity contribution in [3.8, 4) is 0 Å². The summed E-state index contributed by atoms with van der Waals surface area (Å²) in [7, 11) is 0. The highest BCUT2D eigenvalue weighted by atomic mass is 79.9. The van der Waals surface area contributed by atoms with Gasteiger partial charge in [0.15, 0.2) is 0 Å². The lowest BCUT2D eigenvalue weighted by molar-refractivity contribution is 0.923. The Kier molecular flexibility index (Phi) is 3.87. The van der Waals surface area contributed by atoms with E-state index in [1.807, 2.05) is 0 Å². The number of halogens is 2. The van der Waals surface area contributed by atoms with E-state index in [2.05, 4.69) is 82.1 Å². The Labute approximate surface area is 136 Å². The summed E-state index contributed by atoms with van der Waals surface area (Å²) in [5.41, 5.74) is 2.89. The molecule has 0 N–H and O–H groups in total. The van der Waals surface area contributed by atoms with Crippen LogP contribution in [0.4, 0.5) is 0 Å². The molecule has 2 heteroatoms. The van der Waals surface area contributed by atoms with E-state index in [9.17, 15) is 0 Å². The van der Waals surface area contributed by atoms with Crippen LogP contribution in [0, 0.1) is 6.92 Å². The monoisotopic (exact) mass is 390 g/mol. The molecule has 3 aromatic rings. The maximum Gasteiger partial charge on any atom is 0.0181 e. The first kappa shape index (κ1) is 14.1. The number of aryl methyl sites for hydroxylation is 2. The minimum Gasteiger partial charge on any atom is -0.0651 e. The van der Waals surface area contributed by atoms with Gasteiger partial charge in [0.2, 0.25) is 0 Å². The summed E-state index contributed by atoms with van der Waals surface area (Å²) in [6.07, 6.45) is 2.29. The van der Waals surface area contributed by atoms with Gasteiger partial charge >= 0.3 is 0 Å². The molecule has 20 heavy (non-hydrogen) atoms. The van der Waals surface area contributed by atoms with Gasteiger partial charge in [0.25, 0.3) is 0 Å². The number of rotatable bonds is 2. The molecule has 0 aliphatic rings. The topological polar surface area (TPSA) is 0 Å². The maximum absolute atomic E-state index is 3.61. The predicted molar refractivity (Wildman–Crippen MR) is 95.6 cm³/mol. The van der Waals surface area contributed by atoms with Crippen LogP contribution in [-0.4, -0.2) is 0 Å². The van der Waals surface area contributed by atoms with E-state index in [1.165, 1.54) is 39.1 Å². The van der Waals surface area contributed by atoms with Crippen molar-refractivity contribution < 1.29 is 0 Å². The van der Waals surface area contributed by atoms with Crippen LogP contribution < -0.4 is 0 Å². The number of fused-ring (bicyclic) bond motifs is 3. The molecule has 0 amide bonds. The van der Waals surface area contributed by atoms with Crippen LogP contribution in [0.3, 0.4) is 0 Å². The van der Waals surface area contributed by atoms with Crippen LogP contribution >= 0.6 is 31.9 Å². The molecule has 3 rings (SSSR count). The smallest absolute Gasteiger partial charge is 0.0181 e. The first-order valence-electron chi connectivity index (χ1n) is 6.91. The Morgan fingerprint density at radius 3 is 1.95 bits per heavy atom. The Morgan fingerprint density at radius 2 is 1.35 bits per heavy atom. The minimum absolute atomic E-state index is 1.13. The van der Waals surface area contributed by atoms with Gasteiger partial charge in [0.05, 0.1) is 0 Å². The summed E-state index contributed by atoms with van der Waals surface area (Å²) in [6, 6.07) is 13.2. The largest absolute Gasteiger partial charge is 0.0651 e. The Hall–Kier alpha value is -0.860. The van der Waals surface area contributed by atoms with E-state index >= 15 is 0 Å². The lowest BCUT2D eigenvalue weighted by atomic mass is 9.90. The summed E-state index contributed by atoms with van der Waals surface area (Å²) in [5.74, 6) is 0. The average Bonchev–Trinajstić information content (AvgIpc) is 2.43. The first-order chi connectivity index (χ1) is 9.61. The van der Waals surface area contributed by atoms with Gasteiger partial charge in [0.1, 0.15) is 0 Å². The molecular weight excluding hydrogens is 376 g/mol. The van der Waals surface area contributed by atoms with E-state index in [0.29, 0.717) is 0 Å². The molecule has 102 valence electrons. The van der Waals surface area contributed by atoms with E-state index in [0.717, 1.165) is 15.4 Å². The van der Waals surface area contributed by atoms with Crippen molar-refractivity contribution in [2.45, 2.75) is 26.7 Å². The van der Waals surface area contributed by atoms with Crippen LogP contribution in [0.5, 0.6) is 0 Å². The highest BCUT2D eigenvalue weighted by Crippen LogP contribution is 2.36. The standard InChI is InChI=1S/C18H16Br2/c1-3-4-14-11(2)17-9-12(19)5-7-15(17)16-8-6-13(20)10-18(14)16/h5-10H,3-4H2,1-2H3. The zero-order chi connectivity index (χ0) is 14.3. The third-order valence-corrected chi connectivity index (χ3v) is 4.92. The van der Waals surface area contributed by atoms with E-state index in [1.54, 1.807) is 0 Å². The molecule has 0 fully saturated rings. The van der Waals surface area contributed by atoms with Crippen molar-refractivity contribution in [2.75, 3.05) is 0 Å². The van der Waals surface area contributed by atoms with Gasteiger partial charge in [-0.3, -0.25) is 0 Å².